The Labute approximate surface area is 142 Å². The Balaban J connectivity index is 1.54. The molecule has 0 N–H and O–H groups in total. The Bertz CT molecular complexity index is 613. The molecule has 1 aromatic carbocycles. The minimum atomic E-state index is -0.588. The summed E-state index contributed by atoms with van der Waals surface area (Å²) in [6.45, 7) is 4.58. The zero-order valence-corrected chi connectivity index (χ0v) is 14.3. The van der Waals surface area contributed by atoms with Crippen molar-refractivity contribution in [3.05, 3.63) is 34.9 Å². The zero-order chi connectivity index (χ0) is 16.9. The lowest BCUT2D eigenvalue weighted by atomic mass is 9.90. The van der Waals surface area contributed by atoms with Crippen molar-refractivity contribution < 1.29 is 19.1 Å². The molecule has 24 heavy (non-hydrogen) atoms. The molecule has 1 aliphatic heterocycles. The van der Waals surface area contributed by atoms with Crippen LogP contribution in [0.2, 0.25) is 0 Å². The van der Waals surface area contributed by atoms with Gasteiger partial charge >= 0.3 is 5.97 Å². The SMILES string of the molecule is CCN1CCO[C@H](C(=O)OCC(=O)c2ccc3c(c2)CCCC3)C1. The van der Waals surface area contributed by atoms with Gasteiger partial charge in [0.05, 0.1) is 6.61 Å². The Morgan fingerprint density at radius 3 is 2.83 bits per heavy atom. The lowest BCUT2D eigenvalue weighted by molar-refractivity contribution is -0.161. The van der Waals surface area contributed by atoms with Crippen molar-refractivity contribution in [1.82, 2.24) is 4.90 Å². The van der Waals surface area contributed by atoms with Crippen LogP contribution in [0.25, 0.3) is 0 Å². The molecule has 0 saturated carbocycles. The smallest absolute Gasteiger partial charge is 0.337 e. The van der Waals surface area contributed by atoms with E-state index in [4.69, 9.17) is 9.47 Å². The lowest BCUT2D eigenvalue weighted by Crippen LogP contribution is -2.46. The summed E-state index contributed by atoms with van der Waals surface area (Å²) in [7, 11) is 0. The third-order valence-electron chi connectivity index (χ3n) is 4.88. The maximum Gasteiger partial charge on any atom is 0.337 e. The van der Waals surface area contributed by atoms with Gasteiger partial charge in [0.15, 0.2) is 18.5 Å². The van der Waals surface area contributed by atoms with Gasteiger partial charge in [-0.25, -0.2) is 4.79 Å². The number of rotatable bonds is 5. The van der Waals surface area contributed by atoms with Gasteiger partial charge in [0.25, 0.3) is 0 Å². The second kappa shape index (κ2) is 7.90. The minimum Gasteiger partial charge on any atom is -0.455 e. The van der Waals surface area contributed by atoms with Crippen LogP contribution >= 0.6 is 0 Å². The second-order valence-electron chi connectivity index (χ2n) is 6.47. The van der Waals surface area contributed by atoms with Crippen molar-refractivity contribution in [2.75, 3.05) is 32.8 Å². The molecule has 0 bridgehead atoms. The number of ether oxygens (including phenoxy) is 2. The number of benzene rings is 1. The van der Waals surface area contributed by atoms with E-state index in [1.807, 2.05) is 25.1 Å². The highest BCUT2D eigenvalue weighted by Crippen LogP contribution is 2.22. The first kappa shape index (κ1) is 17.1. The fourth-order valence-corrected chi connectivity index (χ4v) is 3.35. The van der Waals surface area contributed by atoms with Gasteiger partial charge in [0.2, 0.25) is 0 Å². The van der Waals surface area contributed by atoms with Gasteiger partial charge in [0.1, 0.15) is 0 Å². The number of aryl methyl sites for hydroxylation is 2. The van der Waals surface area contributed by atoms with Crippen molar-refractivity contribution in [3.8, 4) is 0 Å². The number of hydrogen-bond donors (Lipinski definition) is 0. The lowest BCUT2D eigenvalue weighted by Gasteiger charge is -2.30. The van der Waals surface area contributed by atoms with Crippen LogP contribution in [0.15, 0.2) is 18.2 Å². The summed E-state index contributed by atoms with van der Waals surface area (Å²) >= 11 is 0. The number of morpholine rings is 1. The first-order valence-corrected chi connectivity index (χ1v) is 8.83. The molecule has 0 amide bonds. The first-order valence-electron chi connectivity index (χ1n) is 8.83. The van der Waals surface area contributed by atoms with E-state index in [0.717, 1.165) is 25.9 Å². The second-order valence-corrected chi connectivity index (χ2v) is 6.47. The fraction of sp³-hybridized carbons (Fsp3) is 0.579. The highest BCUT2D eigenvalue weighted by molar-refractivity contribution is 5.98. The van der Waals surface area contributed by atoms with Crippen molar-refractivity contribution in [2.24, 2.45) is 0 Å². The van der Waals surface area contributed by atoms with Crippen molar-refractivity contribution in [3.63, 3.8) is 0 Å². The standard InChI is InChI=1S/C19H25NO4/c1-2-20-9-10-23-18(12-20)19(22)24-13-17(21)16-8-7-14-5-3-4-6-15(14)11-16/h7-8,11,18H,2-6,9-10,12-13H2,1H3/t18-/m0/s1. The maximum absolute atomic E-state index is 12.3. The number of esters is 1. The number of nitrogens with zero attached hydrogens (tertiary/aromatic N) is 1. The van der Waals surface area contributed by atoms with E-state index in [1.54, 1.807) is 0 Å². The molecule has 1 saturated heterocycles. The van der Waals surface area contributed by atoms with E-state index in [2.05, 4.69) is 4.90 Å². The summed E-state index contributed by atoms with van der Waals surface area (Å²) in [5, 5.41) is 0. The molecule has 1 heterocycles. The van der Waals surface area contributed by atoms with E-state index in [1.165, 1.54) is 24.0 Å². The number of Topliss-reactive ketones (excluding diaryl/α,β-unsaturated/α-hetero) is 1. The van der Waals surface area contributed by atoms with Crippen LogP contribution in [0, 0.1) is 0 Å². The number of ketones is 1. The van der Waals surface area contributed by atoms with Gasteiger partial charge in [-0.3, -0.25) is 9.69 Å². The number of carbonyl (C=O) groups excluding carboxylic acids is 2. The van der Waals surface area contributed by atoms with Gasteiger partial charge < -0.3 is 9.47 Å². The van der Waals surface area contributed by atoms with Crippen molar-refractivity contribution >= 4 is 11.8 Å². The number of hydrogen-bond acceptors (Lipinski definition) is 5. The molecule has 1 fully saturated rings. The highest BCUT2D eigenvalue weighted by Gasteiger charge is 2.27. The van der Waals surface area contributed by atoms with Crippen LogP contribution in [-0.4, -0.2) is 55.6 Å². The molecule has 0 aromatic heterocycles. The Hall–Kier alpha value is -1.72. The Morgan fingerprint density at radius 1 is 1.25 bits per heavy atom. The third kappa shape index (κ3) is 4.02. The zero-order valence-electron chi connectivity index (χ0n) is 14.3. The molecule has 5 heteroatoms. The van der Waals surface area contributed by atoms with Gasteiger partial charge in [0, 0.05) is 18.7 Å². The summed E-state index contributed by atoms with van der Waals surface area (Å²) in [5.41, 5.74) is 3.22. The molecule has 130 valence electrons. The normalized spacial score (nSPS) is 21.1. The molecule has 1 aliphatic carbocycles. The summed E-state index contributed by atoms with van der Waals surface area (Å²) in [4.78, 5) is 26.6. The van der Waals surface area contributed by atoms with Crippen LogP contribution in [0.3, 0.4) is 0 Å². The van der Waals surface area contributed by atoms with E-state index in [-0.39, 0.29) is 12.4 Å². The van der Waals surface area contributed by atoms with Gasteiger partial charge in [-0.15, -0.1) is 0 Å². The average Bonchev–Trinajstić information content (AvgIpc) is 2.65. The molecule has 0 unspecified atom stereocenters. The van der Waals surface area contributed by atoms with Crippen LogP contribution in [0.5, 0.6) is 0 Å². The summed E-state index contributed by atoms with van der Waals surface area (Å²) in [5.74, 6) is -0.598. The summed E-state index contributed by atoms with van der Waals surface area (Å²) in [6.07, 6.45) is 3.92. The third-order valence-corrected chi connectivity index (χ3v) is 4.88. The van der Waals surface area contributed by atoms with Crippen LogP contribution < -0.4 is 0 Å². The highest BCUT2D eigenvalue weighted by atomic mass is 16.6. The van der Waals surface area contributed by atoms with E-state index < -0.39 is 12.1 Å². The molecule has 2 aliphatic rings. The molecule has 5 nitrogen and oxygen atoms in total. The minimum absolute atomic E-state index is 0.153. The Morgan fingerprint density at radius 2 is 2.04 bits per heavy atom. The Kier molecular flexibility index (Phi) is 5.63. The largest absolute Gasteiger partial charge is 0.455 e. The predicted octanol–water partition coefficient (Wildman–Crippen LogP) is 2.01. The number of likely N-dealkylation sites (N-methyl/N-ethyl adjacent to an activating group) is 1. The maximum atomic E-state index is 12.3. The molecule has 3 rings (SSSR count). The number of fused-ring (bicyclic) bond motifs is 1. The monoisotopic (exact) mass is 331 g/mol. The summed E-state index contributed by atoms with van der Waals surface area (Å²) < 4.78 is 10.7. The predicted molar refractivity (Wildman–Crippen MR) is 90.2 cm³/mol. The molecule has 1 aromatic rings. The first-order chi connectivity index (χ1) is 11.7. The van der Waals surface area contributed by atoms with E-state index in [0.29, 0.717) is 18.7 Å². The quantitative estimate of drug-likeness (QED) is 0.610. The van der Waals surface area contributed by atoms with Crippen LogP contribution in [-0.2, 0) is 27.1 Å². The molecule has 0 spiro atoms. The fourth-order valence-electron chi connectivity index (χ4n) is 3.35. The van der Waals surface area contributed by atoms with Gasteiger partial charge in [-0.2, -0.15) is 0 Å². The van der Waals surface area contributed by atoms with Gasteiger partial charge in [-0.05, 0) is 49.4 Å². The summed E-state index contributed by atoms with van der Waals surface area (Å²) in [6, 6.07) is 5.84. The van der Waals surface area contributed by atoms with Crippen molar-refractivity contribution in [1.29, 1.82) is 0 Å². The topological polar surface area (TPSA) is 55.8 Å². The van der Waals surface area contributed by atoms with Crippen LogP contribution in [0.1, 0.15) is 41.3 Å². The number of carbonyl (C=O) groups is 2. The average molecular weight is 331 g/mol. The van der Waals surface area contributed by atoms with Gasteiger partial charge in [-0.1, -0.05) is 19.1 Å². The molecule has 0 radical (unpaired) electrons. The van der Waals surface area contributed by atoms with Crippen LogP contribution in [0.4, 0.5) is 0 Å². The molecular weight excluding hydrogens is 306 g/mol. The molecular formula is C19H25NO4. The van der Waals surface area contributed by atoms with E-state index >= 15 is 0 Å². The molecule has 1 atom stereocenters. The van der Waals surface area contributed by atoms with E-state index in [9.17, 15) is 9.59 Å². The van der Waals surface area contributed by atoms with Crippen molar-refractivity contribution in [2.45, 2.75) is 38.7 Å².